The molecule has 0 atom stereocenters. The molecule has 0 fully saturated rings. The molecule has 2 heterocycles. The Kier molecular flexibility index (Phi) is 7.80. The van der Waals surface area contributed by atoms with Gasteiger partial charge in [0.1, 0.15) is 35.7 Å². The van der Waals surface area contributed by atoms with Gasteiger partial charge in [-0.1, -0.05) is 24.3 Å². The van der Waals surface area contributed by atoms with Crippen LogP contribution in [0.5, 0.6) is 17.2 Å². The molecule has 0 aliphatic rings. The van der Waals surface area contributed by atoms with Crippen LogP contribution in [0, 0.1) is 11.3 Å². The van der Waals surface area contributed by atoms with Crippen LogP contribution in [0.1, 0.15) is 5.56 Å². The molecule has 6 aromatic rings. The molecule has 212 valence electrons. The third-order valence-corrected chi connectivity index (χ3v) is 6.59. The van der Waals surface area contributed by atoms with Gasteiger partial charge in [0.15, 0.2) is 0 Å². The van der Waals surface area contributed by atoms with Crippen LogP contribution in [0.3, 0.4) is 0 Å². The minimum Gasteiger partial charge on any atom is -0.490 e. The van der Waals surface area contributed by atoms with Crippen molar-refractivity contribution >= 4 is 39.3 Å². The third-order valence-electron chi connectivity index (χ3n) is 6.59. The third kappa shape index (κ3) is 6.22. The molecular formula is C33H26N6O4. The maximum atomic E-state index is 12.7. The van der Waals surface area contributed by atoms with E-state index in [9.17, 15) is 10.1 Å². The van der Waals surface area contributed by atoms with Crippen molar-refractivity contribution in [1.82, 2.24) is 15.0 Å². The van der Waals surface area contributed by atoms with Gasteiger partial charge in [0.2, 0.25) is 0 Å². The predicted octanol–water partition coefficient (Wildman–Crippen LogP) is 7.11. The highest BCUT2D eigenvalue weighted by Crippen LogP contribution is 2.33. The predicted molar refractivity (Wildman–Crippen MR) is 165 cm³/mol. The van der Waals surface area contributed by atoms with Crippen LogP contribution in [-0.2, 0) is 4.74 Å². The SMILES string of the molecule is COCCOc1cc2nccc(Oc3ccc(NC(=O)Nc4cccc(-c5nc6ccccc6[nH]5)c4)cc3)c2cc1C#N. The van der Waals surface area contributed by atoms with E-state index in [1.165, 1.54) is 0 Å². The number of imidazole rings is 1. The van der Waals surface area contributed by atoms with Crippen LogP contribution in [0.15, 0.2) is 97.2 Å². The number of aromatic amines is 1. The number of hydrogen-bond donors (Lipinski definition) is 3. The monoisotopic (exact) mass is 570 g/mol. The number of benzene rings is 4. The highest BCUT2D eigenvalue weighted by atomic mass is 16.5. The van der Waals surface area contributed by atoms with Crippen molar-refractivity contribution in [2.45, 2.75) is 0 Å². The zero-order valence-corrected chi connectivity index (χ0v) is 23.1. The van der Waals surface area contributed by atoms with E-state index in [0.717, 1.165) is 22.4 Å². The molecule has 0 saturated carbocycles. The fourth-order valence-electron chi connectivity index (χ4n) is 4.54. The molecule has 0 saturated heterocycles. The summed E-state index contributed by atoms with van der Waals surface area (Å²) < 4.78 is 16.8. The Morgan fingerprint density at radius 1 is 0.884 bits per heavy atom. The van der Waals surface area contributed by atoms with Gasteiger partial charge in [-0.2, -0.15) is 5.26 Å². The number of urea groups is 1. The molecule has 0 radical (unpaired) electrons. The van der Waals surface area contributed by atoms with Crippen molar-refractivity contribution < 1.29 is 19.0 Å². The lowest BCUT2D eigenvalue weighted by molar-refractivity contribution is 0.146. The highest BCUT2D eigenvalue weighted by Gasteiger charge is 2.12. The van der Waals surface area contributed by atoms with E-state index in [4.69, 9.17) is 14.2 Å². The van der Waals surface area contributed by atoms with E-state index >= 15 is 0 Å². The summed E-state index contributed by atoms with van der Waals surface area (Å²) >= 11 is 0. The van der Waals surface area contributed by atoms with E-state index in [1.54, 1.807) is 55.8 Å². The number of pyridine rings is 1. The summed E-state index contributed by atoms with van der Waals surface area (Å²) in [4.78, 5) is 25.1. The molecule has 0 spiro atoms. The van der Waals surface area contributed by atoms with Gasteiger partial charge in [-0.25, -0.2) is 9.78 Å². The summed E-state index contributed by atoms with van der Waals surface area (Å²) in [6, 6.07) is 29.2. The Morgan fingerprint density at radius 3 is 2.53 bits per heavy atom. The zero-order chi connectivity index (χ0) is 29.6. The van der Waals surface area contributed by atoms with Crippen LogP contribution in [0.2, 0.25) is 0 Å². The van der Waals surface area contributed by atoms with Crippen LogP contribution in [0.25, 0.3) is 33.3 Å². The molecule has 4 aromatic carbocycles. The fourth-order valence-corrected chi connectivity index (χ4v) is 4.54. The van der Waals surface area contributed by atoms with Gasteiger partial charge in [0.25, 0.3) is 0 Å². The van der Waals surface area contributed by atoms with Crippen LogP contribution >= 0.6 is 0 Å². The molecule has 0 bridgehead atoms. The van der Waals surface area contributed by atoms with E-state index in [2.05, 4.69) is 31.7 Å². The Bertz CT molecular complexity index is 1930. The van der Waals surface area contributed by atoms with Gasteiger partial charge in [-0.15, -0.1) is 0 Å². The molecule has 10 heteroatoms. The lowest BCUT2D eigenvalue weighted by Crippen LogP contribution is -2.19. The number of para-hydroxylation sites is 2. The molecule has 0 aliphatic heterocycles. The first-order chi connectivity index (χ1) is 21.1. The Balaban J connectivity index is 1.11. The standard InChI is InChI=1S/C33H26N6O4/c1-41-15-16-42-31-19-29-26(18-22(31)20-34)30(13-14-35-29)43-25-11-9-23(10-12-25)36-33(40)37-24-6-4-5-21(17-24)32-38-27-7-2-3-8-28(27)39-32/h2-14,17-19H,15-16H2,1H3,(H,38,39)(H2,36,37,40). The molecular weight excluding hydrogens is 544 g/mol. The van der Waals surface area contributed by atoms with Crippen LogP contribution in [0.4, 0.5) is 16.2 Å². The lowest BCUT2D eigenvalue weighted by Gasteiger charge is -2.12. The van der Waals surface area contributed by atoms with Crippen molar-refractivity contribution in [3.63, 3.8) is 0 Å². The average molecular weight is 571 g/mol. The van der Waals surface area contributed by atoms with Gasteiger partial charge >= 0.3 is 6.03 Å². The number of nitrogens with one attached hydrogen (secondary N) is 3. The molecule has 0 aliphatic carbocycles. The number of nitriles is 1. The van der Waals surface area contributed by atoms with Crippen molar-refractivity contribution in [1.29, 1.82) is 5.26 Å². The van der Waals surface area contributed by atoms with Gasteiger partial charge in [-0.05, 0) is 60.7 Å². The topological polar surface area (TPSA) is 134 Å². The molecule has 3 N–H and O–H groups in total. The largest absolute Gasteiger partial charge is 0.490 e. The number of methoxy groups -OCH3 is 1. The number of amides is 2. The Hall–Kier alpha value is -5.92. The van der Waals surface area contributed by atoms with E-state index < -0.39 is 0 Å². The smallest absolute Gasteiger partial charge is 0.323 e. The first-order valence-electron chi connectivity index (χ1n) is 13.5. The number of hydrogen-bond acceptors (Lipinski definition) is 7. The average Bonchev–Trinajstić information content (AvgIpc) is 3.47. The Morgan fingerprint density at radius 2 is 1.72 bits per heavy atom. The summed E-state index contributed by atoms with van der Waals surface area (Å²) in [5, 5.41) is 16.0. The number of carbonyl (C=O) groups excluding carboxylic acids is 1. The first-order valence-corrected chi connectivity index (χ1v) is 13.5. The first kappa shape index (κ1) is 27.3. The van der Waals surface area contributed by atoms with E-state index in [-0.39, 0.29) is 6.03 Å². The van der Waals surface area contributed by atoms with Crippen molar-refractivity contribution in [3.8, 4) is 34.7 Å². The van der Waals surface area contributed by atoms with Gasteiger partial charge in [-0.3, -0.25) is 4.98 Å². The number of carbonyl (C=O) groups is 1. The summed E-state index contributed by atoms with van der Waals surface area (Å²) in [6.45, 7) is 0.725. The second-order valence-electron chi connectivity index (χ2n) is 9.52. The molecule has 2 amide bonds. The van der Waals surface area contributed by atoms with Gasteiger partial charge < -0.3 is 29.8 Å². The minimum atomic E-state index is -0.386. The lowest BCUT2D eigenvalue weighted by atomic mass is 10.1. The number of rotatable bonds is 9. The summed E-state index contributed by atoms with van der Waals surface area (Å²) in [5.41, 5.74) is 4.89. The van der Waals surface area contributed by atoms with Crippen LogP contribution < -0.4 is 20.1 Å². The molecule has 0 unspecified atom stereocenters. The number of ether oxygens (including phenoxy) is 3. The second kappa shape index (κ2) is 12.3. The number of nitrogens with zero attached hydrogens (tertiary/aromatic N) is 3. The molecule has 2 aromatic heterocycles. The van der Waals surface area contributed by atoms with Gasteiger partial charge in [0.05, 0.1) is 28.7 Å². The number of aromatic nitrogens is 3. The zero-order valence-electron chi connectivity index (χ0n) is 23.1. The quantitative estimate of drug-likeness (QED) is 0.158. The highest BCUT2D eigenvalue weighted by molar-refractivity contribution is 6.00. The van der Waals surface area contributed by atoms with Crippen molar-refractivity contribution in [2.75, 3.05) is 31.0 Å². The number of fused-ring (bicyclic) bond motifs is 2. The van der Waals surface area contributed by atoms with Crippen molar-refractivity contribution in [2.24, 2.45) is 0 Å². The number of anilines is 2. The maximum absolute atomic E-state index is 12.7. The van der Waals surface area contributed by atoms with E-state index in [1.807, 2.05) is 48.5 Å². The second-order valence-corrected chi connectivity index (χ2v) is 9.52. The Labute approximate surface area is 246 Å². The fraction of sp³-hybridized carbons (Fsp3) is 0.0909. The maximum Gasteiger partial charge on any atom is 0.323 e. The molecule has 6 rings (SSSR count). The van der Waals surface area contributed by atoms with E-state index in [0.29, 0.717) is 58.3 Å². The summed E-state index contributed by atoms with van der Waals surface area (Å²) in [7, 11) is 1.59. The van der Waals surface area contributed by atoms with Crippen LogP contribution in [-0.4, -0.2) is 41.3 Å². The molecule has 10 nitrogen and oxygen atoms in total. The minimum absolute atomic E-state index is 0.320. The summed E-state index contributed by atoms with van der Waals surface area (Å²) in [6.07, 6.45) is 1.63. The van der Waals surface area contributed by atoms with Gasteiger partial charge in [0, 0.05) is 41.7 Å². The van der Waals surface area contributed by atoms with Crippen molar-refractivity contribution in [3.05, 3.63) is 103 Å². The number of H-pyrrole nitrogens is 1. The summed E-state index contributed by atoms with van der Waals surface area (Å²) in [5.74, 6) is 2.25. The molecule has 43 heavy (non-hydrogen) atoms. The normalized spacial score (nSPS) is 10.8.